The fourth-order valence-corrected chi connectivity index (χ4v) is 3.13. The Morgan fingerprint density at radius 1 is 1.21 bits per heavy atom. The summed E-state index contributed by atoms with van der Waals surface area (Å²) in [5.41, 5.74) is 1.28. The van der Waals surface area contributed by atoms with Gasteiger partial charge in [-0.3, -0.25) is 0 Å². The van der Waals surface area contributed by atoms with Gasteiger partial charge >= 0.3 is 0 Å². The van der Waals surface area contributed by atoms with Crippen LogP contribution in [0.15, 0.2) is 30.5 Å². The summed E-state index contributed by atoms with van der Waals surface area (Å²) in [7, 11) is 4.11. The molecule has 1 aliphatic rings. The molecule has 0 atom stereocenters. The normalized spacial score (nSPS) is 13.5. The molecule has 3 aromatic rings. The summed E-state index contributed by atoms with van der Waals surface area (Å²) < 4.78 is 16.0. The Hall–Kier alpha value is -1.89. The first-order valence-electron chi connectivity index (χ1n) is 9.28. The predicted octanol–water partition coefficient (Wildman–Crippen LogP) is 5.23. The molecule has 28 heavy (non-hydrogen) atoms. The van der Waals surface area contributed by atoms with Gasteiger partial charge in [-0.1, -0.05) is 36.2 Å². The van der Waals surface area contributed by atoms with Gasteiger partial charge in [-0.25, -0.2) is 9.37 Å². The molecule has 0 radical (unpaired) electrons. The number of benzene rings is 1. The van der Waals surface area contributed by atoms with Gasteiger partial charge in [0.05, 0.1) is 16.8 Å². The molecule has 0 bridgehead atoms. The van der Waals surface area contributed by atoms with Crippen molar-refractivity contribution in [2.45, 2.75) is 19.8 Å². The molecule has 2 heterocycles. The molecule has 1 fully saturated rings. The number of rotatable bonds is 5. The summed E-state index contributed by atoms with van der Waals surface area (Å²) in [6.45, 7) is 4.05. The maximum atomic E-state index is 14.4. The van der Waals surface area contributed by atoms with Crippen molar-refractivity contribution in [1.82, 2.24) is 19.5 Å². The third kappa shape index (κ3) is 4.74. The second-order valence-corrected chi connectivity index (χ2v) is 7.81. The van der Waals surface area contributed by atoms with Gasteiger partial charge < -0.3 is 10.2 Å². The monoisotopic (exact) mass is 423 g/mol. The standard InChI is InChI=1S/C16H13Cl2FN4.C4H11N/c17-10-2-1-3-11(19)13(10)14-15(18)22-12-6-7-21-23(12)16(14)20-8-9-4-5-9;1-4-5(2)3/h1-3,6-7,9,20H,4-5,8H2;4H2,1-3H3. The number of hydrogen-bond donors (Lipinski definition) is 1. The molecular weight excluding hydrogens is 400 g/mol. The van der Waals surface area contributed by atoms with E-state index in [1.807, 2.05) is 0 Å². The molecule has 1 aliphatic carbocycles. The number of aromatic nitrogens is 3. The lowest BCUT2D eigenvalue weighted by atomic mass is 10.1. The van der Waals surface area contributed by atoms with Crippen molar-refractivity contribution < 1.29 is 4.39 Å². The summed E-state index contributed by atoms with van der Waals surface area (Å²) in [5, 5.41) is 8.10. The van der Waals surface area contributed by atoms with E-state index >= 15 is 0 Å². The number of nitrogens with one attached hydrogen (secondary N) is 1. The molecule has 1 saturated carbocycles. The molecule has 0 aliphatic heterocycles. The topological polar surface area (TPSA) is 45.5 Å². The van der Waals surface area contributed by atoms with Crippen molar-refractivity contribution in [3.8, 4) is 11.1 Å². The van der Waals surface area contributed by atoms with E-state index < -0.39 is 5.82 Å². The Balaban J connectivity index is 0.000000403. The lowest BCUT2D eigenvalue weighted by Crippen LogP contribution is -2.11. The molecule has 5 nitrogen and oxygen atoms in total. The Labute approximate surface area is 174 Å². The highest BCUT2D eigenvalue weighted by Crippen LogP contribution is 2.40. The summed E-state index contributed by atoms with van der Waals surface area (Å²) in [5.74, 6) is 0.808. The lowest BCUT2D eigenvalue weighted by molar-refractivity contribution is 0.434. The van der Waals surface area contributed by atoms with Crippen LogP contribution in [0.3, 0.4) is 0 Å². The maximum Gasteiger partial charge on any atom is 0.159 e. The molecule has 2 aromatic heterocycles. The molecule has 1 aromatic carbocycles. The highest BCUT2D eigenvalue weighted by Gasteiger charge is 2.25. The van der Waals surface area contributed by atoms with E-state index in [0.717, 1.165) is 13.1 Å². The molecule has 150 valence electrons. The van der Waals surface area contributed by atoms with Crippen molar-refractivity contribution in [3.05, 3.63) is 46.5 Å². The van der Waals surface area contributed by atoms with Crippen molar-refractivity contribution in [3.63, 3.8) is 0 Å². The van der Waals surface area contributed by atoms with Crippen LogP contribution in [0, 0.1) is 11.7 Å². The van der Waals surface area contributed by atoms with Crippen LogP contribution in [-0.2, 0) is 0 Å². The summed E-state index contributed by atoms with van der Waals surface area (Å²) in [4.78, 5) is 6.42. The van der Waals surface area contributed by atoms with Gasteiger partial charge in [0, 0.05) is 18.2 Å². The van der Waals surface area contributed by atoms with Crippen LogP contribution in [0.2, 0.25) is 10.2 Å². The quantitative estimate of drug-likeness (QED) is 0.570. The van der Waals surface area contributed by atoms with Gasteiger partial charge in [-0.15, -0.1) is 0 Å². The lowest BCUT2D eigenvalue weighted by Gasteiger charge is -2.16. The SMILES string of the molecule is CCN(C)C.Fc1cccc(Cl)c1-c1c(Cl)nc2ccnn2c1NCC1CC1. The summed E-state index contributed by atoms with van der Waals surface area (Å²) >= 11 is 12.6. The highest BCUT2D eigenvalue weighted by molar-refractivity contribution is 6.36. The minimum atomic E-state index is -0.442. The first kappa shape index (κ1) is 20.8. The number of hydrogen-bond acceptors (Lipinski definition) is 4. The molecular formula is C20H24Cl2FN5. The first-order chi connectivity index (χ1) is 13.4. The minimum Gasteiger partial charge on any atom is -0.369 e. The number of fused-ring (bicyclic) bond motifs is 1. The Morgan fingerprint density at radius 2 is 1.93 bits per heavy atom. The largest absolute Gasteiger partial charge is 0.369 e. The maximum absolute atomic E-state index is 14.4. The van der Waals surface area contributed by atoms with Crippen LogP contribution >= 0.6 is 23.2 Å². The summed E-state index contributed by atoms with van der Waals surface area (Å²) in [6.07, 6.45) is 4.03. The van der Waals surface area contributed by atoms with Crippen molar-refractivity contribution in [2.24, 2.45) is 5.92 Å². The van der Waals surface area contributed by atoms with E-state index in [2.05, 4.69) is 41.3 Å². The van der Waals surface area contributed by atoms with Gasteiger partial charge in [-0.2, -0.15) is 9.61 Å². The number of halogens is 3. The van der Waals surface area contributed by atoms with Crippen LogP contribution in [0.25, 0.3) is 16.8 Å². The molecule has 0 unspecified atom stereocenters. The zero-order valence-corrected chi connectivity index (χ0v) is 17.7. The van der Waals surface area contributed by atoms with Crippen LogP contribution in [-0.4, -0.2) is 46.7 Å². The Morgan fingerprint density at radius 3 is 2.54 bits per heavy atom. The third-order valence-corrected chi connectivity index (χ3v) is 5.18. The van der Waals surface area contributed by atoms with Crippen molar-refractivity contribution in [2.75, 3.05) is 32.5 Å². The molecule has 1 N–H and O–H groups in total. The fourth-order valence-electron chi connectivity index (χ4n) is 2.60. The van der Waals surface area contributed by atoms with E-state index in [1.54, 1.807) is 28.9 Å². The van der Waals surface area contributed by atoms with Gasteiger partial charge in [0.25, 0.3) is 0 Å². The van der Waals surface area contributed by atoms with Gasteiger partial charge in [0.2, 0.25) is 0 Å². The molecule has 0 saturated heterocycles. The number of nitrogens with zero attached hydrogens (tertiary/aromatic N) is 4. The van der Waals surface area contributed by atoms with Gasteiger partial charge in [-0.05, 0) is 51.5 Å². The minimum absolute atomic E-state index is 0.197. The summed E-state index contributed by atoms with van der Waals surface area (Å²) in [6, 6.07) is 6.30. The van der Waals surface area contributed by atoms with Crippen LogP contribution in [0.4, 0.5) is 10.2 Å². The van der Waals surface area contributed by atoms with E-state index in [-0.39, 0.29) is 15.7 Å². The second kappa shape index (κ2) is 9.07. The molecule has 8 heteroatoms. The van der Waals surface area contributed by atoms with Gasteiger partial charge in [0.1, 0.15) is 16.8 Å². The zero-order chi connectivity index (χ0) is 20.3. The molecule has 0 amide bonds. The number of anilines is 1. The smallest absolute Gasteiger partial charge is 0.159 e. The van der Waals surface area contributed by atoms with E-state index in [4.69, 9.17) is 23.2 Å². The van der Waals surface area contributed by atoms with E-state index in [9.17, 15) is 4.39 Å². The van der Waals surface area contributed by atoms with E-state index in [0.29, 0.717) is 22.9 Å². The average Bonchev–Trinajstić information content (AvgIpc) is 3.37. The van der Waals surface area contributed by atoms with Crippen LogP contribution < -0.4 is 5.32 Å². The van der Waals surface area contributed by atoms with Crippen molar-refractivity contribution in [1.29, 1.82) is 0 Å². The first-order valence-corrected chi connectivity index (χ1v) is 10.0. The molecule has 4 rings (SSSR count). The van der Waals surface area contributed by atoms with Crippen LogP contribution in [0.1, 0.15) is 19.8 Å². The van der Waals surface area contributed by atoms with Crippen LogP contribution in [0.5, 0.6) is 0 Å². The Kier molecular flexibility index (Phi) is 6.75. The van der Waals surface area contributed by atoms with E-state index in [1.165, 1.54) is 18.9 Å². The average molecular weight is 424 g/mol. The highest BCUT2D eigenvalue weighted by atomic mass is 35.5. The fraction of sp³-hybridized carbons (Fsp3) is 0.400. The molecule has 0 spiro atoms. The van der Waals surface area contributed by atoms with Gasteiger partial charge in [0.15, 0.2) is 5.65 Å². The van der Waals surface area contributed by atoms with Crippen molar-refractivity contribution >= 4 is 34.7 Å². The second-order valence-electron chi connectivity index (χ2n) is 7.04. The predicted molar refractivity (Wildman–Crippen MR) is 114 cm³/mol. The third-order valence-electron chi connectivity index (χ3n) is 4.59. The zero-order valence-electron chi connectivity index (χ0n) is 16.2. The Bertz CT molecular complexity index is 933.